The first-order valence-electron chi connectivity index (χ1n) is 18.7. The van der Waals surface area contributed by atoms with Gasteiger partial charge >= 0.3 is 11.9 Å². The average Bonchev–Trinajstić information content (AvgIpc) is 3.47. The Kier molecular flexibility index (Phi) is 13.6. The summed E-state index contributed by atoms with van der Waals surface area (Å²) in [6.07, 6.45) is 6.60. The number of halogens is 4. The number of aryl methyl sites for hydroxylation is 1. The number of alkyl halides is 4. The Hall–Kier alpha value is -2.64. The van der Waals surface area contributed by atoms with Gasteiger partial charge in [0.15, 0.2) is 0 Å². The highest BCUT2D eigenvalue weighted by atomic mass is 35.5. The van der Waals surface area contributed by atoms with Crippen molar-refractivity contribution in [2.24, 2.45) is 17.3 Å². The molecule has 2 fully saturated rings. The molecule has 3 aromatic carbocycles. The first-order chi connectivity index (χ1) is 25.3. The van der Waals surface area contributed by atoms with E-state index in [-0.39, 0.29) is 36.3 Å². The quantitative estimate of drug-likeness (QED) is 0.0820. The third-order valence-electron chi connectivity index (χ3n) is 11.8. The second kappa shape index (κ2) is 18.1. The zero-order chi connectivity index (χ0) is 36.7. The number of carbonyl (C=O) groups is 2. The smallest absolute Gasteiger partial charge is 0.315 e. The summed E-state index contributed by atoms with van der Waals surface area (Å²) in [5.74, 6) is 3.86. The van der Waals surface area contributed by atoms with Crippen molar-refractivity contribution in [3.63, 3.8) is 0 Å². The van der Waals surface area contributed by atoms with Crippen LogP contribution in [0.5, 0.6) is 5.75 Å². The number of benzene rings is 3. The summed E-state index contributed by atoms with van der Waals surface area (Å²) < 4.78 is 12.1. The van der Waals surface area contributed by atoms with Crippen molar-refractivity contribution < 1.29 is 19.1 Å². The van der Waals surface area contributed by atoms with Gasteiger partial charge in [-0.25, -0.2) is 0 Å². The van der Waals surface area contributed by atoms with E-state index < -0.39 is 0 Å². The summed E-state index contributed by atoms with van der Waals surface area (Å²) in [6, 6.07) is 22.2. The number of hydrogen-bond acceptors (Lipinski definition) is 6. The predicted octanol–water partition coefficient (Wildman–Crippen LogP) is 9.41. The Labute approximate surface area is 329 Å². The number of ether oxygens (including phenoxy) is 2. The van der Waals surface area contributed by atoms with Gasteiger partial charge in [0.2, 0.25) is 0 Å². The van der Waals surface area contributed by atoms with Crippen LogP contribution in [0, 0.1) is 17.3 Å². The monoisotopic (exact) mass is 786 g/mol. The lowest BCUT2D eigenvalue weighted by atomic mass is 9.55. The van der Waals surface area contributed by atoms with Crippen LogP contribution in [0.2, 0.25) is 0 Å². The van der Waals surface area contributed by atoms with Crippen LogP contribution in [0.4, 0.5) is 11.4 Å². The van der Waals surface area contributed by atoms with Gasteiger partial charge in [-0.05, 0) is 115 Å². The molecular weight excluding hydrogens is 738 g/mol. The first-order valence-corrected chi connectivity index (χ1v) is 20.8. The lowest BCUT2D eigenvalue weighted by Gasteiger charge is -2.50. The number of anilines is 2. The highest BCUT2D eigenvalue weighted by molar-refractivity contribution is 6.19. The van der Waals surface area contributed by atoms with Crippen LogP contribution in [0.15, 0.2) is 66.7 Å². The second-order valence-corrected chi connectivity index (χ2v) is 16.3. The lowest BCUT2D eigenvalue weighted by molar-refractivity contribution is -0.156. The molecule has 5 unspecified atom stereocenters. The van der Waals surface area contributed by atoms with Crippen LogP contribution in [0.3, 0.4) is 0 Å². The molecule has 0 aliphatic heterocycles. The van der Waals surface area contributed by atoms with Crippen LogP contribution < -0.4 is 14.5 Å². The molecule has 3 aliphatic rings. The Morgan fingerprint density at radius 1 is 0.712 bits per heavy atom. The molecule has 0 N–H and O–H groups in total. The minimum absolute atomic E-state index is 0.0119. The van der Waals surface area contributed by atoms with Crippen LogP contribution in [0.1, 0.15) is 67.2 Å². The van der Waals surface area contributed by atoms with E-state index in [1.165, 1.54) is 11.1 Å². The molecule has 0 bridgehead atoms. The van der Waals surface area contributed by atoms with Crippen molar-refractivity contribution in [2.75, 3.05) is 59.5 Å². The molecule has 280 valence electrons. The minimum atomic E-state index is -0.270. The normalized spacial score (nSPS) is 23.2. The molecule has 10 heteroatoms. The summed E-state index contributed by atoms with van der Waals surface area (Å²) in [4.78, 5) is 30.5. The van der Waals surface area contributed by atoms with Gasteiger partial charge in [-0.2, -0.15) is 0 Å². The fraction of sp³-hybridized carbons (Fsp3) is 0.524. The molecule has 0 aromatic heterocycles. The topological polar surface area (TPSA) is 59.1 Å². The molecule has 6 rings (SSSR count). The SMILES string of the molecule is CC12CCC3c4ccc(OC(=O)Cc5ccc(N(CCCl)CCCl)cc5)cc4CCC3C1CCC2OC(=O)Cc1ccc(N(CCCl)CCCl)cc1. The summed E-state index contributed by atoms with van der Waals surface area (Å²) >= 11 is 23.9. The molecule has 3 aliphatic carbocycles. The maximum absolute atomic E-state index is 13.2. The fourth-order valence-electron chi connectivity index (χ4n) is 9.27. The Morgan fingerprint density at radius 2 is 1.27 bits per heavy atom. The molecule has 5 atom stereocenters. The average molecular weight is 789 g/mol. The third-order valence-corrected chi connectivity index (χ3v) is 12.5. The second-order valence-electron chi connectivity index (χ2n) is 14.8. The van der Waals surface area contributed by atoms with E-state index in [0.29, 0.717) is 60.1 Å². The van der Waals surface area contributed by atoms with E-state index in [1.807, 2.05) is 54.6 Å². The molecule has 6 nitrogen and oxygen atoms in total. The zero-order valence-electron chi connectivity index (χ0n) is 30.0. The maximum Gasteiger partial charge on any atom is 0.315 e. The Bertz CT molecular complexity index is 1640. The van der Waals surface area contributed by atoms with Gasteiger partial charge in [-0.1, -0.05) is 37.3 Å². The summed E-state index contributed by atoms with van der Waals surface area (Å²) in [5, 5.41) is 0. The Balaban J connectivity index is 1.03. The van der Waals surface area contributed by atoms with Crippen molar-refractivity contribution in [3.05, 3.63) is 89.0 Å². The fourth-order valence-corrected chi connectivity index (χ4v) is 10.1. The first kappa shape index (κ1) is 39.1. The van der Waals surface area contributed by atoms with Gasteiger partial charge in [0, 0.05) is 66.5 Å². The van der Waals surface area contributed by atoms with Gasteiger partial charge in [0.1, 0.15) is 11.9 Å². The molecule has 52 heavy (non-hydrogen) atoms. The summed E-state index contributed by atoms with van der Waals surface area (Å²) in [5.41, 5.74) is 6.62. The highest BCUT2D eigenvalue weighted by Gasteiger charge is 2.56. The van der Waals surface area contributed by atoms with Gasteiger partial charge in [0.25, 0.3) is 0 Å². The molecule has 3 aromatic rings. The lowest BCUT2D eigenvalue weighted by Crippen LogP contribution is -2.45. The number of esters is 2. The molecule has 2 saturated carbocycles. The molecule has 0 radical (unpaired) electrons. The van der Waals surface area contributed by atoms with Gasteiger partial charge < -0.3 is 19.3 Å². The van der Waals surface area contributed by atoms with E-state index in [1.54, 1.807) is 0 Å². The molecule has 0 amide bonds. The highest BCUT2D eigenvalue weighted by Crippen LogP contribution is 2.61. The maximum atomic E-state index is 13.2. The summed E-state index contributed by atoms with van der Waals surface area (Å²) in [6.45, 7) is 5.24. The number of rotatable bonds is 16. The standard InChI is InChI=1S/C42H50Cl4N2O4/c1-42-17-16-36-35-13-11-34(51-40(49)26-29-2-7-32(8-3-29)47(22-18-43)23-19-44)28-31(35)6-12-37(36)38(42)14-15-39(42)52-41(50)27-30-4-9-33(10-5-30)48(24-20-45)25-21-46/h2-5,7-11,13,28,36-39H,6,12,14-27H2,1H3. The molecule has 0 spiro atoms. The minimum Gasteiger partial charge on any atom is -0.462 e. The number of carbonyl (C=O) groups excluding carboxylic acids is 2. The van der Waals surface area contributed by atoms with Crippen molar-refractivity contribution in [2.45, 2.75) is 70.3 Å². The third kappa shape index (κ3) is 9.00. The van der Waals surface area contributed by atoms with Gasteiger partial charge in [-0.15, -0.1) is 46.4 Å². The molecule has 0 saturated heterocycles. The van der Waals surface area contributed by atoms with Crippen molar-refractivity contribution in [1.82, 2.24) is 0 Å². The summed E-state index contributed by atoms with van der Waals surface area (Å²) in [7, 11) is 0. The number of nitrogens with zero attached hydrogens (tertiary/aromatic N) is 2. The van der Waals surface area contributed by atoms with Crippen LogP contribution in [-0.2, 0) is 33.6 Å². The van der Waals surface area contributed by atoms with Crippen LogP contribution >= 0.6 is 46.4 Å². The zero-order valence-corrected chi connectivity index (χ0v) is 33.0. The van der Waals surface area contributed by atoms with Crippen molar-refractivity contribution in [1.29, 1.82) is 0 Å². The number of fused-ring (bicyclic) bond motifs is 5. The van der Waals surface area contributed by atoms with Crippen LogP contribution in [-0.4, -0.2) is 67.7 Å². The number of hydrogen-bond donors (Lipinski definition) is 0. The van der Waals surface area contributed by atoms with Crippen molar-refractivity contribution >= 4 is 69.7 Å². The van der Waals surface area contributed by atoms with Crippen molar-refractivity contribution in [3.8, 4) is 5.75 Å². The molecule has 0 heterocycles. The predicted molar refractivity (Wildman–Crippen MR) is 214 cm³/mol. The van der Waals surface area contributed by atoms with Gasteiger partial charge in [-0.3, -0.25) is 9.59 Å². The van der Waals surface area contributed by atoms with E-state index in [4.69, 9.17) is 55.9 Å². The largest absolute Gasteiger partial charge is 0.462 e. The molecular formula is C42H50Cl4N2O4. The van der Waals surface area contributed by atoms with E-state index in [2.05, 4.69) is 28.9 Å². The van der Waals surface area contributed by atoms with E-state index in [0.717, 1.165) is 74.1 Å². The Morgan fingerprint density at radius 3 is 1.83 bits per heavy atom. The van der Waals surface area contributed by atoms with Crippen LogP contribution in [0.25, 0.3) is 0 Å². The van der Waals surface area contributed by atoms with E-state index >= 15 is 0 Å². The van der Waals surface area contributed by atoms with Gasteiger partial charge in [0.05, 0.1) is 12.8 Å². The van der Waals surface area contributed by atoms with E-state index in [9.17, 15) is 9.59 Å².